The van der Waals surface area contributed by atoms with Crippen molar-refractivity contribution in [1.82, 2.24) is 9.97 Å². The first-order chi connectivity index (χ1) is 13.4. The fourth-order valence-corrected chi connectivity index (χ4v) is 2.81. The summed E-state index contributed by atoms with van der Waals surface area (Å²) in [5.41, 5.74) is 3.05. The molecule has 0 fully saturated rings. The Morgan fingerprint density at radius 3 is 2.21 bits per heavy atom. The Balaban J connectivity index is 1.81. The number of aromatic nitrogens is 2. The highest BCUT2D eigenvalue weighted by atomic mass is 16.3. The summed E-state index contributed by atoms with van der Waals surface area (Å²) in [6.45, 7) is 4.16. The van der Waals surface area contributed by atoms with Gasteiger partial charge in [-0.2, -0.15) is 0 Å². The van der Waals surface area contributed by atoms with Crippen LogP contribution in [0.15, 0.2) is 54.7 Å². The molecule has 0 bridgehead atoms. The molecule has 0 unspecified atom stereocenters. The van der Waals surface area contributed by atoms with Gasteiger partial charge in [-0.05, 0) is 54.3 Å². The summed E-state index contributed by atoms with van der Waals surface area (Å²) in [6.07, 6.45) is 2.48. The lowest BCUT2D eigenvalue weighted by molar-refractivity contribution is -0.115. The fraction of sp³-hybridized carbons (Fsp3) is 0.227. The van der Waals surface area contributed by atoms with Crippen LogP contribution in [-0.2, 0) is 17.6 Å². The smallest absolute Gasteiger partial charge is 0.229 e. The lowest BCUT2D eigenvalue weighted by Crippen LogP contribution is -2.18. The van der Waals surface area contributed by atoms with E-state index in [-0.39, 0.29) is 23.8 Å². The largest absolute Gasteiger partial charge is 0.508 e. The first-order valence-electron chi connectivity index (χ1n) is 9.14. The van der Waals surface area contributed by atoms with E-state index in [1.54, 1.807) is 54.7 Å². The van der Waals surface area contributed by atoms with Crippen LogP contribution in [0.1, 0.15) is 25.1 Å². The van der Waals surface area contributed by atoms with Gasteiger partial charge in [0, 0.05) is 5.56 Å². The number of carbonyl (C=O) groups excluding carboxylic acids is 1. The van der Waals surface area contributed by atoms with E-state index in [0.717, 1.165) is 16.8 Å². The number of amides is 1. The Morgan fingerprint density at radius 1 is 1.00 bits per heavy atom. The third-order valence-corrected chi connectivity index (χ3v) is 4.17. The van der Waals surface area contributed by atoms with Crippen molar-refractivity contribution in [3.8, 4) is 22.8 Å². The highest BCUT2D eigenvalue weighted by Gasteiger charge is 2.14. The van der Waals surface area contributed by atoms with Gasteiger partial charge in [0.05, 0.1) is 24.0 Å². The van der Waals surface area contributed by atoms with Crippen LogP contribution in [0.3, 0.4) is 0 Å². The zero-order valence-corrected chi connectivity index (χ0v) is 15.9. The summed E-state index contributed by atoms with van der Waals surface area (Å²) < 4.78 is 0. The second-order valence-corrected chi connectivity index (χ2v) is 7.09. The first-order valence-corrected chi connectivity index (χ1v) is 9.14. The standard InChI is InChI=1S/C22H23N3O3/c1-14(2)11-19-22(25-21(28)12-15-3-7-17(26)8-4-15)23-13-20(24-19)16-5-9-18(27)10-6-16/h3-10,13-14,26-27H,11-12H2,1-2H3,(H,23,25,28). The second-order valence-electron chi connectivity index (χ2n) is 7.09. The van der Waals surface area contributed by atoms with Crippen LogP contribution < -0.4 is 5.32 Å². The van der Waals surface area contributed by atoms with E-state index < -0.39 is 0 Å². The number of nitrogens with zero attached hydrogens (tertiary/aromatic N) is 2. The summed E-state index contributed by atoms with van der Waals surface area (Å²) in [5, 5.41) is 21.7. The molecule has 2 aromatic carbocycles. The summed E-state index contributed by atoms with van der Waals surface area (Å²) in [4.78, 5) is 21.5. The molecule has 0 radical (unpaired) electrons. The van der Waals surface area contributed by atoms with Gasteiger partial charge in [-0.25, -0.2) is 9.97 Å². The minimum absolute atomic E-state index is 0.166. The van der Waals surface area contributed by atoms with Gasteiger partial charge in [-0.15, -0.1) is 0 Å². The molecule has 0 aliphatic rings. The van der Waals surface area contributed by atoms with Crippen LogP contribution >= 0.6 is 0 Å². The topological polar surface area (TPSA) is 95.3 Å². The van der Waals surface area contributed by atoms with Crippen molar-refractivity contribution in [2.24, 2.45) is 5.92 Å². The van der Waals surface area contributed by atoms with Crippen LogP contribution in [0.4, 0.5) is 5.82 Å². The monoisotopic (exact) mass is 377 g/mol. The van der Waals surface area contributed by atoms with Gasteiger partial charge < -0.3 is 15.5 Å². The predicted molar refractivity (Wildman–Crippen MR) is 108 cm³/mol. The molecule has 28 heavy (non-hydrogen) atoms. The number of nitrogens with one attached hydrogen (secondary N) is 1. The van der Waals surface area contributed by atoms with E-state index >= 15 is 0 Å². The minimum Gasteiger partial charge on any atom is -0.508 e. The second kappa shape index (κ2) is 8.52. The molecular formula is C22H23N3O3. The average molecular weight is 377 g/mol. The van der Waals surface area contributed by atoms with E-state index in [1.807, 2.05) is 0 Å². The van der Waals surface area contributed by atoms with Gasteiger partial charge >= 0.3 is 0 Å². The van der Waals surface area contributed by atoms with Gasteiger partial charge in [0.2, 0.25) is 5.91 Å². The SMILES string of the molecule is CC(C)Cc1nc(-c2ccc(O)cc2)cnc1NC(=O)Cc1ccc(O)cc1. The summed E-state index contributed by atoms with van der Waals surface area (Å²) in [5.74, 6) is 0.968. The van der Waals surface area contributed by atoms with E-state index in [0.29, 0.717) is 23.9 Å². The van der Waals surface area contributed by atoms with Crippen LogP contribution in [0.2, 0.25) is 0 Å². The van der Waals surface area contributed by atoms with Crippen molar-refractivity contribution in [3.05, 3.63) is 66.0 Å². The number of aromatic hydroxyl groups is 2. The van der Waals surface area contributed by atoms with Crippen molar-refractivity contribution in [2.75, 3.05) is 5.32 Å². The van der Waals surface area contributed by atoms with Crippen molar-refractivity contribution in [1.29, 1.82) is 0 Å². The number of hydrogen-bond acceptors (Lipinski definition) is 5. The average Bonchev–Trinajstić information content (AvgIpc) is 2.65. The van der Waals surface area contributed by atoms with Gasteiger partial charge in [0.25, 0.3) is 0 Å². The minimum atomic E-state index is -0.192. The molecule has 0 atom stereocenters. The highest BCUT2D eigenvalue weighted by molar-refractivity contribution is 5.92. The maximum absolute atomic E-state index is 12.4. The first kappa shape index (κ1) is 19.4. The molecular weight excluding hydrogens is 354 g/mol. The fourth-order valence-electron chi connectivity index (χ4n) is 2.81. The zero-order chi connectivity index (χ0) is 20.1. The zero-order valence-electron chi connectivity index (χ0n) is 15.9. The number of anilines is 1. The van der Waals surface area contributed by atoms with E-state index in [2.05, 4.69) is 24.1 Å². The molecule has 144 valence electrons. The van der Waals surface area contributed by atoms with Gasteiger partial charge in [0.15, 0.2) is 5.82 Å². The Bertz CT molecular complexity index is 952. The Morgan fingerprint density at radius 2 is 1.61 bits per heavy atom. The molecule has 6 heteroatoms. The third-order valence-electron chi connectivity index (χ3n) is 4.17. The predicted octanol–water partition coefficient (Wildman–Crippen LogP) is 3.93. The molecule has 0 saturated heterocycles. The summed E-state index contributed by atoms with van der Waals surface area (Å²) in [7, 11) is 0. The van der Waals surface area contributed by atoms with Crippen molar-refractivity contribution >= 4 is 11.7 Å². The lowest BCUT2D eigenvalue weighted by Gasteiger charge is -2.13. The maximum atomic E-state index is 12.4. The molecule has 0 saturated carbocycles. The van der Waals surface area contributed by atoms with Crippen LogP contribution in [0.5, 0.6) is 11.5 Å². The summed E-state index contributed by atoms with van der Waals surface area (Å²) in [6, 6.07) is 13.3. The Hall–Kier alpha value is -3.41. The molecule has 3 rings (SSSR count). The molecule has 3 N–H and O–H groups in total. The number of hydrogen-bond donors (Lipinski definition) is 3. The molecule has 0 spiro atoms. The maximum Gasteiger partial charge on any atom is 0.229 e. The summed E-state index contributed by atoms with van der Waals surface area (Å²) >= 11 is 0. The number of phenols is 2. The van der Waals surface area contributed by atoms with E-state index in [1.165, 1.54) is 0 Å². The highest BCUT2D eigenvalue weighted by Crippen LogP contribution is 2.23. The number of benzene rings is 2. The van der Waals surface area contributed by atoms with E-state index in [9.17, 15) is 15.0 Å². The van der Waals surface area contributed by atoms with Crippen LogP contribution in [0.25, 0.3) is 11.3 Å². The molecule has 3 aromatic rings. The number of phenolic OH excluding ortho intramolecular Hbond substituents is 2. The number of rotatable bonds is 6. The molecule has 0 aliphatic heterocycles. The van der Waals surface area contributed by atoms with Crippen molar-refractivity contribution in [2.45, 2.75) is 26.7 Å². The van der Waals surface area contributed by atoms with Gasteiger partial charge in [-0.1, -0.05) is 26.0 Å². The molecule has 6 nitrogen and oxygen atoms in total. The van der Waals surface area contributed by atoms with E-state index in [4.69, 9.17) is 4.98 Å². The third kappa shape index (κ3) is 5.07. The van der Waals surface area contributed by atoms with Gasteiger partial charge in [-0.3, -0.25) is 4.79 Å². The Labute approximate surface area is 163 Å². The lowest BCUT2D eigenvalue weighted by atomic mass is 10.1. The van der Waals surface area contributed by atoms with Crippen LogP contribution in [-0.4, -0.2) is 26.1 Å². The van der Waals surface area contributed by atoms with Gasteiger partial charge in [0.1, 0.15) is 11.5 Å². The van der Waals surface area contributed by atoms with Crippen molar-refractivity contribution in [3.63, 3.8) is 0 Å². The quantitative estimate of drug-likeness (QED) is 0.605. The van der Waals surface area contributed by atoms with Crippen molar-refractivity contribution < 1.29 is 15.0 Å². The Kier molecular flexibility index (Phi) is 5.89. The number of carbonyl (C=O) groups is 1. The molecule has 1 aromatic heterocycles. The molecule has 1 heterocycles. The molecule has 1 amide bonds. The molecule has 0 aliphatic carbocycles. The van der Waals surface area contributed by atoms with Crippen LogP contribution in [0, 0.1) is 5.92 Å². The normalized spacial score (nSPS) is 10.8.